The van der Waals surface area contributed by atoms with Gasteiger partial charge in [0.25, 0.3) is 11.8 Å². The fraction of sp³-hybridized carbons (Fsp3) is 0.0526. The van der Waals surface area contributed by atoms with Crippen LogP contribution in [0.25, 0.3) is 22.4 Å². The lowest BCUT2D eigenvalue weighted by Crippen LogP contribution is -2.44. The summed E-state index contributed by atoms with van der Waals surface area (Å²) < 4.78 is 5.10. The van der Waals surface area contributed by atoms with Crippen LogP contribution < -0.4 is 16.5 Å². The molecule has 0 atom stereocenters. The van der Waals surface area contributed by atoms with Crippen molar-refractivity contribution in [1.29, 1.82) is 0 Å². The highest BCUT2D eigenvalue weighted by Gasteiger charge is 2.15. The van der Waals surface area contributed by atoms with Gasteiger partial charge in [0.05, 0.1) is 0 Å². The van der Waals surface area contributed by atoms with E-state index in [2.05, 4.69) is 26.3 Å². The second-order valence-corrected chi connectivity index (χ2v) is 6.00. The molecule has 4 aromatic rings. The van der Waals surface area contributed by atoms with Crippen LogP contribution in [0.2, 0.25) is 0 Å². The van der Waals surface area contributed by atoms with E-state index in [0.29, 0.717) is 16.8 Å². The molecule has 2 heterocycles. The first-order valence-electron chi connectivity index (χ1n) is 8.55. The number of amides is 2. The summed E-state index contributed by atoms with van der Waals surface area (Å²) in [5.74, 6) is -1.02. The molecule has 2 aromatic carbocycles. The Morgan fingerprint density at radius 3 is 2.59 bits per heavy atom. The van der Waals surface area contributed by atoms with Crippen LogP contribution in [-0.2, 0) is 11.3 Å². The molecule has 0 aliphatic carbocycles. The molecule has 0 bridgehead atoms. The fourth-order valence-corrected chi connectivity index (χ4v) is 2.60. The standard InChI is InChI=1S/C19H14N6O4/c26-16(11-25-23-17(21-24-25)12-6-2-1-3-7-12)20-22-18(27)14-10-13-8-4-5-9-15(13)29-19(14)28/h1-10H,11H2,(H,20,26)(H,22,27). The Morgan fingerprint density at radius 1 is 1.00 bits per heavy atom. The summed E-state index contributed by atoms with van der Waals surface area (Å²) in [4.78, 5) is 37.3. The maximum atomic E-state index is 12.2. The van der Waals surface area contributed by atoms with Gasteiger partial charge in [0.2, 0.25) is 5.82 Å². The summed E-state index contributed by atoms with van der Waals surface area (Å²) in [7, 11) is 0. The molecule has 0 spiro atoms. The minimum Gasteiger partial charge on any atom is -0.422 e. The van der Waals surface area contributed by atoms with E-state index in [1.165, 1.54) is 6.07 Å². The lowest BCUT2D eigenvalue weighted by atomic mass is 10.2. The maximum Gasteiger partial charge on any atom is 0.349 e. The molecule has 2 aromatic heterocycles. The van der Waals surface area contributed by atoms with Gasteiger partial charge < -0.3 is 4.42 Å². The van der Waals surface area contributed by atoms with E-state index in [-0.39, 0.29) is 12.1 Å². The van der Waals surface area contributed by atoms with Crippen LogP contribution in [0, 0.1) is 0 Å². The van der Waals surface area contributed by atoms with Crippen LogP contribution in [0.4, 0.5) is 0 Å². The average Bonchev–Trinajstić information content (AvgIpc) is 3.20. The molecule has 0 fully saturated rings. The van der Waals surface area contributed by atoms with Crippen molar-refractivity contribution >= 4 is 22.8 Å². The van der Waals surface area contributed by atoms with E-state index >= 15 is 0 Å². The van der Waals surface area contributed by atoms with Gasteiger partial charge in [-0.2, -0.15) is 4.80 Å². The van der Waals surface area contributed by atoms with Gasteiger partial charge in [0.15, 0.2) is 0 Å². The highest BCUT2D eigenvalue weighted by atomic mass is 16.4. The lowest BCUT2D eigenvalue weighted by Gasteiger charge is -2.06. The predicted octanol–water partition coefficient (Wildman–Crippen LogP) is 0.908. The van der Waals surface area contributed by atoms with Gasteiger partial charge in [-0.15, -0.1) is 10.2 Å². The number of nitrogens with one attached hydrogen (secondary N) is 2. The number of fused-ring (bicyclic) bond motifs is 1. The molecular weight excluding hydrogens is 376 g/mol. The Labute approximate surface area is 163 Å². The van der Waals surface area contributed by atoms with Crippen molar-refractivity contribution in [1.82, 2.24) is 31.1 Å². The number of hydrogen-bond acceptors (Lipinski definition) is 7. The number of carbonyl (C=O) groups is 2. The van der Waals surface area contributed by atoms with Crippen molar-refractivity contribution < 1.29 is 14.0 Å². The van der Waals surface area contributed by atoms with Crippen LogP contribution in [0.5, 0.6) is 0 Å². The molecule has 0 aliphatic rings. The van der Waals surface area contributed by atoms with Crippen LogP contribution in [-0.4, -0.2) is 32.0 Å². The highest BCUT2D eigenvalue weighted by Crippen LogP contribution is 2.13. The number of tetrazole rings is 1. The number of nitrogens with zero attached hydrogens (tertiary/aromatic N) is 4. The van der Waals surface area contributed by atoms with Crippen molar-refractivity contribution in [2.45, 2.75) is 6.54 Å². The van der Waals surface area contributed by atoms with Crippen LogP contribution in [0.3, 0.4) is 0 Å². The summed E-state index contributed by atoms with van der Waals surface area (Å²) in [5, 5.41) is 12.4. The molecule has 0 radical (unpaired) electrons. The van der Waals surface area contributed by atoms with E-state index in [9.17, 15) is 14.4 Å². The van der Waals surface area contributed by atoms with Crippen molar-refractivity contribution in [3.05, 3.63) is 76.6 Å². The minimum absolute atomic E-state index is 0.228. The molecule has 0 saturated carbocycles. The Morgan fingerprint density at radius 2 is 1.76 bits per heavy atom. The molecule has 144 valence electrons. The Bertz CT molecular complexity index is 1250. The van der Waals surface area contributed by atoms with Crippen LogP contribution in [0.1, 0.15) is 10.4 Å². The zero-order valence-corrected chi connectivity index (χ0v) is 14.9. The molecule has 4 rings (SSSR count). The third kappa shape index (κ3) is 4.00. The number of aromatic nitrogens is 4. The zero-order valence-electron chi connectivity index (χ0n) is 14.9. The molecule has 0 aliphatic heterocycles. The maximum absolute atomic E-state index is 12.2. The fourth-order valence-electron chi connectivity index (χ4n) is 2.60. The number of benzene rings is 2. The van der Waals surface area contributed by atoms with Crippen molar-refractivity contribution in [3.63, 3.8) is 0 Å². The SMILES string of the molecule is O=C(Cn1nnc(-c2ccccc2)n1)NNC(=O)c1cc2ccccc2oc1=O. The van der Waals surface area contributed by atoms with Gasteiger partial charge in [-0.3, -0.25) is 20.4 Å². The topological polar surface area (TPSA) is 132 Å². The normalized spacial score (nSPS) is 10.6. The van der Waals surface area contributed by atoms with Gasteiger partial charge in [-0.25, -0.2) is 4.79 Å². The summed E-state index contributed by atoms with van der Waals surface area (Å²) >= 11 is 0. The number of hydrazine groups is 1. The third-order valence-corrected chi connectivity index (χ3v) is 3.97. The molecule has 2 N–H and O–H groups in total. The molecular formula is C19H14N6O4. The van der Waals surface area contributed by atoms with Gasteiger partial charge in [0.1, 0.15) is 17.7 Å². The molecule has 2 amide bonds. The second-order valence-electron chi connectivity index (χ2n) is 6.00. The summed E-state index contributed by atoms with van der Waals surface area (Å²) in [6, 6.07) is 17.3. The molecule has 29 heavy (non-hydrogen) atoms. The van der Waals surface area contributed by atoms with E-state index in [4.69, 9.17) is 4.42 Å². The number of carbonyl (C=O) groups excluding carboxylic acids is 2. The summed E-state index contributed by atoms with van der Waals surface area (Å²) in [6.45, 7) is -0.271. The quantitative estimate of drug-likeness (QED) is 0.391. The molecule has 10 nitrogen and oxygen atoms in total. The van der Waals surface area contributed by atoms with Crippen molar-refractivity contribution in [2.75, 3.05) is 0 Å². The summed E-state index contributed by atoms with van der Waals surface area (Å²) in [5.41, 5.74) is 4.47. The smallest absolute Gasteiger partial charge is 0.349 e. The lowest BCUT2D eigenvalue weighted by molar-refractivity contribution is -0.122. The number of rotatable bonds is 4. The summed E-state index contributed by atoms with van der Waals surface area (Å²) in [6.07, 6.45) is 0. The minimum atomic E-state index is -0.805. The highest BCUT2D eigenvalue weighted by molar-refractivity contribution is 5.97. The Balaban J connectivity index is 1.39. The van der Waals surface area contributed by atoms with Crippen LogP contribution >= 0.6 is 0 Å². The van der Waals surface area contributed by atoms with Gasteiger partial charge in [-0.05, 0) is 17.3 Å². The third-order valence-electron chi connectivity index (χ3n) is 3.97. The zero-order chi connectivity index (χ0) is 20.2. The van der Waals surface area contributed by atoms with Crippen LogP contribution in [0.15, 0.2) is 69.9 Å². The van der Waals surface area contributed by atoms with Gasteiger partial charge >= 0.3 is 5.63 Å². The van der Waals surface area contributed by atoms with Gasteiger partial charge in [0, 0.05) is 10.9 Å². The van der Waals surface area contributed by atoms with Gasteiger partial charge in [-0.1, -0.05) is 48.5 Å². The number of para-hydroxylation sites is 1. The average molecular weight is 390 g/mol. The Kier molecular flexibility index (Phi) is 4.81. The first kappa shape index (κ1) is 18.0. The molecule has 0 saturated heterocycles. The predicted molar refractivity (Wildman–Crippen MR) is 101 cm³/mol. The van der Waals surface area contributed by atoms with E-state index in [0.717, 1.165) is 10.4 Å². The number of hydrogen-bond donors (Lipinski definition) is 2. The van der Waals surface area contributed by atoms with Crippen molar-refractivity contribution in [2.24, 2.45) is 0 Å². The van der Waals surface area contributed by atoms with Crippen molar-refractivity contribution in [3.8, 4) is 11.4 Å². The van der Waals surface area contributed by atoms with E-state index < -0.39 is 17.4 Å². The molecule has 10 heteroatoms. The monoisotopic (exact) mass is 390 g/mol. The second kappa shape index (κ2) is 7.72. The Hall–Kier alpha value is -4.34. The molecule has 0 unspecified atom stereocenters. The van der Waals surface area contributed by atoms with E-state index in [1.54, 1.807) is 24.3 Å². The largest absolute Gasteiger partial charge is 0.422 e. The van der Waals surface area contributed by atoms with E-state index in [1.807, 2.05) is 30.3 Å². The first-order valence-corrected chi connectivity index (χ1v) is 8.55. The first-order chi connectivity index (χ1) is 14.1.